The number of rotatable bonds is 5. The van der Waals surface area contributed by atoms with Crippen molar-refractivity contribution in [3.63, 3.8) is 0 Å². The molecule has 1 aliphatic heterocycles. The molecule has 2 atom stereocenters. The number of carbonyl (C=O) groups excluding carboxylic acids is 2. The van der Waals surface area contributed by atoms with Gasteiger partial charge < -0.3 is 14.2 Å². The van der Waals surface area contributed by atoms with E-state index < -0.39 is 17.7 Å². The number of carbonyl (C=O) groups is 2. The van der Waals surface area contributed by atoms with Crippen molar-refractivity contribution in [1.82, 2.24) is 0 Å². The molecule has 1 aromatic rings. The van der Waals surface area contributed by atoms with E-state index in [9.17, 15) is 9.59 Å². The SMILES string of the molecule is COc1ccc(N(CC(=O)OC(C)(C)C)C(=O)[C@@H]2O[C@@H]2C)cc1. The van der Waals surface area contributed by atoms with Crippen molar-refractivity contribution < 1.29 is 23.8 Å². The van der Waals surface area contributed by atoms with Crippen LogP contribution in [0.2, 0.25) is 0 Å². The molecule has 2 rings (SSSR count). The minimum absolute atomic E-state index is 0.123. The highest BCUT2D eigenvalue weighted by molar-refractivity contribution is 6.01. The summed E-state index contributed by atoms with van der Waals surface area (Å²) >= 11 is 0. The number of ether oxygens (including phenoxy) is 3. The zero-order valence-corrected chi connectivity index (χ0v) is 14.2. The number of nitrogens with zero attached hydrogens (tertiary/aromatic N) is 1. The van der Waals surface area contributed by atoms with Crippen molar-refractivity contribution in [2.45, 2.75) is 45.5 Å². The molecular formula is C17H23NO5. The molecule has 1 amide bonds. The van der Waals surface area contributed by atoms with E-state index in [0.717, 1.165) is 0 Å². The van der Waals surface area contributed by atoms with Crippen LogP contribution in [0.5, 0.6) is 5.75 Å². The second kappa shape index (κ2) is 6.58. The standard InChI is InChI=1S/C17H23NO5/c1-11-15(22-11)16(20)18(10-14(19)23-17(2,3)4)12-6-8-13(21-5)9-7-12/h6-9,11,15H,10H2,1-5H3/t11-,15-/m1/s1. The minimum atomic E-state index is -0.602. The highest BCUT2D eigenvalue weighted by Crippen LogP contribution is 2.27. The molecule has 0 spiro atoms. The average Bonchev–Trinajstić information content (AvgIpc) is 3.19. The highest BCUT2D eigenvalue weighted by atomic mass is 16.6. The maximum Gasteiger partial charge on any atom is 0.326 e. The lowest BCUT2D eigenvalue weighted by atomic mass is 10.2. The van der Waals surface area contributed by atoms with Crippen LogP contribution in [0.3, 0.4) is 0 Å². The normalized spacial score (nSPS) is 19.9. The van der Waals surface area contributed by atoms with Gasteiger partial charge in [0, 0.05) is 5.69 Å². The number of hydrogen-bond acceptors (Lipinski definition) is 5. The summed E-state index contributed by atoms with van der Waals surface area (Å²) in [5.74, 6) is -0.0297. The molecule has 0 aromatic heterocycles. The average molecular weight is 321 g/mol. The smallest absolute Gasteiger partial charge is 0.326 e. The monoisotopic (exact) mass is 321 g/mol. The van der Waals surface area contributed by atoms with Gasteiger partial charge in [-0.05, 0) is 52.0 Å². The van der Waals surface area contributed by atoms with Gasteiger partial charge in [-0.1, -0.05) is 0 Å². The molecule has 0 aliphatic carbocycles. The number of anilines is 1. The first kappa shape index (κ1) is 17.3. The van der Waals surface area contributed by atoms with Crippen molar-refractivity contribution >= 4 is 17.6 Å². The second-order valence-electron chi connectivity index (χ2n) is 6.47. The van der Waals surface area contributed by atoms with E-state index >= 15 is 0 Å². The van der Waals surface area contributed by atoms with Gasteiger partial charge in [-0.25, -0.2) is 0 Å². The summed E-state index contributed by atoms with van der Waals surface area (Å²) in [6, 6.07) is 6.94. The first-order chi connectivity index (χ1) is 10.7. The lowest BCUT2D eigenvalue weighted by molar-refractivity contribution is -0.153. The molecule has 0 N–H and O–H groups in total. The van der Waals surface area contributed by atoms with Gasteiger partial charge in [-0.15, -0.1) is 0 Å². The quantitative estimate of drug-likeness (QED) is 0.614. The maximum atomic E-state index is 12.5. The van der Waals surface area contributed by atoms with Crippen LogP contribution < -0.4 is 9.64 Å². The zero-order valence-electron chi connectivity index (χ0n) is 14.2. The molecule has 0 bridgehead atoms. The van der Waals surface area contributed by atoms with Gasteiger partial charge in [0.25, 0.3) is 5.91 Å². The molecule has 0 radical (unpaired) electrons. The van der Waals surface area contributed by atoms with Crippen LogP contribution in [-0.4, -0.2) is 43.3 Å². The number of benzene rings is 1. The van der Waals surface area contributed by atoms with Crippen molar-refractivity contribution in [2.75, 3.05) is 18.6 Å². The summed E-state index contributed by atoms with van der Waals surface area (Å²) in [5, 5.41) is 0. The van der Waals surface area contributed by atoms with Gasteiger partial charge in [0.15, 0.2) is 6.10 Å². The Balaban J connectivity index is 2.17. The first-order valence-corrected chi connectivity index (χ1v) is 7.54. The summed E-state index contributed by atoms with van der Waals surface area (Å²) < 4.78 is 15.7. The van der Waals surface area contributed by atoms with Gasteiger partial charge in [0.1, 0.15) is 17.9 Å². The van der Waals surface area contributed by atoms with Crippen LogP contribution in [0.15, 0.2) is 24.3 Å². The fraction of sp³-hybridized carbons (Fsp3) is 0.529. The Kier molecular flexibility index (Phi) is 4.94. The predicted octanol–water partition coefficient (Wildman–Crippen LogP) is 2.16. The van der Waals surface area contributed by atoms with Crippen LogP contribution >= 0.6 is 0 Å². The first-order valence-electron chi connectivity index (χ1n) is 7.54. The number of epoxide rings is 1. The largest absolute Gasteiger partial charge is 0.497 e. The summed E-state index contributed by atoms with van der Waals surface area (Å²) in [7, 11) is 1.57. The van der Waals surface area contributed by atoms with Crippen LogP contribution in [0.25, 0.3) is 0 Å². The van der Waals surface area contributed by atoms with E-state index in [4.69, 9.17) is 14.2 Å². The maximum absolute atomic E-state index is 12.5. The van der Waals surface area contributed by atoms with E-state index in [1.54, 1.807) is 52.1 Å². The third kappa shape index (κ3) is 4.69. The molecule has 0 unspecified atom stereocenters. The van der Waals surface area contributed by atoms with Gasteiger partial charge in [-0.2, -0.15) is 0 Å². The molecule has 1 heterocycles. The third-order valence-corrected chi connectivity index (χ3v) is 3.31. The summed E-state index contributed by atoms with van der Waals surface area (Å²) in [6.07, 6.45) is -0.624. The van der Waals surface area contributed by atoms with Crippen molar-refractivity contribution in [3.8, 4) is 5.75 Å². The van der Waals surface area contributed by atoms with Gasteiger partial charge >= 0.3 is 5.97 Å². The molecule has 1 aromatic carbocycles. The minimum Gasteiger partial charge on any atom is -0.497 e. The lowest BCUT2D eigenvalue weighted by Gasteiger charge is -2.25. The van der Waals surface area contributed by atoms with Gasteiger partial charge in [-0.3, -0.25) is 14.5 Å². The summed E-state index contributed by atoms with van der Waals surface area (Å²) in [4.78, 5) is 26.0. The van der Waals surface area contributed by atoms with E-state index in [1.807, 2.05) is 6.92 Å². The topological polar surface area (TPSA) is 68.4 Å². The van der Waals surface area contributed by atoms with Crippen molar-refractivity contribution in [1.29, 1.82) is 0 Å². The lowest BCUT2D eigenvalue weighted by Crippen LogP contribution is -2.41. The number of esters is 1. The Labute approximate surface area is 136 Å². The predicted molar refractivity (Wildman–Crippen MR) is 85.5 cm³/mol. The Morgan fingerprint density at radius 1 is 1.22 bits per heavy atom. The molecule has 6 nitrogen and oxygen atoms in total. The molecule has 1 saturated heterocycles. The molecule has 23 heavy (non-hydrogen) atoms. The van der Waals surface area contributed by atoms with Crippen LogP contribution in [-0.2, 0) is 19.1 Å². The summed E-state index contributed by atoms with van der Waals surface area (Å²) in [6.45, 7) is 7.03. The summed E-state index contributed by atoms with van der Waals surface area (Å²) in [5.41, 5.74) is -0.000843. The number of hydrogen-bond donors (Lipinski definition) is 0. The second-order valence-corrected chi connectivity index (χ2v) is 6.47. The van der Waals surface area contributed by atoms with E-state index in [0.29, 0.717) is 11.4 Å². The van der Waals surface area contributed by atoms with Gasteiger partial charge in [0.05, 0.1) is 13.2 Å². The van der Waals surface area contributed by atoms with Crippen molar-refractivity contribution in [2.24, 2.45) is 0 Å². The number of amides is 1. The highest BCUT2D eigenvalue weighted by Gasteiger charge is 2.44. The molecular weight excluding hydrogens is 298 g/mol. The third-order valence-electron chi connectivity index (χ3n) is 3.31. The molecule has 126 valence electrons. The molecule has 6 heteroatoms. The van der Waals surface area contributed by atoms with Gasteiger partial charge in [0.2, 0.25) is 0 Å². The Hall–Kier alpha value is -2.08. The number of methoxy groups -OCH3 is 1. The van der Waals surface area contributed by atoms with E-state index in [1.165, 1.54) is 4.90 Å². The Morgan fingerprint density at radius 2 is 1.78 bits per heavy atom. The fourth-order valence-electron chi connectivity index (χ4n) is 2.16. The van der Waals surface area contributed by atoms with E-state index in [2.05, 4.69) is 0 Å². The molecule has 0 saturated carbocycles. The van der Waals surface area contributed by atoms with Crippen LogP contribution in [0.4, 0.5) is 5.69 Å². The fourth-order valence-corrected chi connectivity index (χ4v) is 2.16. The van der Waals surface area contributed by atoms with Crippen LogP contribution in [0.1, 0.15) is 27.7 Å². The molecule has 1 aliphatic rings. The van der Waals surface area contributed by atoms with E-state index in [-0.39, 0.29) is 18.6 Å². The van der Waals surface area contributed by atoms with Crippen LogP contribution in [0, 0.1) is 0 Å². The zero-order chi connectivity index (χ0) is 17.2. The molecule has 1 fully saturated rings. The van der Waals surface area contributed by atoms with Crippen molar-refractivity contribution in [3.05, 3.63) is 24.3 Å². The Bertz CT molecular complexity index is 576. The Morgan fingerprint density at radius 3 is 2.22 bits per heavy atom.